The van der Waals surface area contributed by atoms with Gasteiger partial charge in [0.1, 0.15) is 5.76 Å². The van der Waals surface area contributed by atoms with E-state index in [0.717, 1.165) is 24.5 Å². The first kappa shape index (κ1) is 17.7. The van der Waals surface area contributed by atoms with Crippen LogP contribution in [0.15, 0.2) is 12.3 Å². The van der Waals surface area contributed by atoms with E-state index < -0.39 is 0 Å². The van der Waals surface area contributed by atoms with Crippen molar-refractivity contribution in [2.24, 2.45) is 5.92 Å². The second kappa shape index (κ2) is 7.59. The fraction of sp³-hybridized carbons (Fsp3) is 0.750. The highest BCUT2D eigenvalue weighted by Gasteiger charge is 2.31. The van der Waals surface area contributed by atoms with Crippen molar-refractivity contribution in [3.8, 4) is 0 Å². The molecule has 5 nitrogen and oxygen atoms in total. The van der Waals surface area contributed by atoms with Gasteiger partial charge in [-0.2, -0.15) is 0 Å². The lowest BCUT2D eigenvalue weighted by Gasteiger charge is -2.26. The highest BCUT2D eigenvalue weighted by molar-refractivity contribution is 6.00. The zero-order chi connectivity index (χ0) is 16.0. The third-order valence-corrected chi connectivity index (χ3v) is 3.42. The summed E-state index contributed by atoms with van der Waals surface area (Å²) in [6.45, 7) is 12.9. The molecule has 0 N–H and O–H groups in total. The van der Waals surface area contributed by atoms with Crippen LogP contribution >= 0.6 is 0 Å². The summed E-state index contributed by atoms with van der Waals surface area (Å²) >= 11 is 0. The zero-order valence-corrected chi connectivity index (χ0v) is 13.6. The van der Waals surface area contributed by atoms with Gasteiger partial charge in [-0.25, -0.2) is 0 Å². The van der Waals surface area contributed by atoms with Crippen LogP contribution in [0, 0.1) is 5.92 Å². The van der Waals surface area contributed by atoms with Gasteiger partial charge in [0.15, 0.2) is 0 Å². The quantitative estimate of drug-likeness (QED) is 0.484. The van der Waals surface area contributed by atoms with Crippen LogP contribution in [0.4, 0.5) is 0 Å². The summed E-state index contributed by atoms with van der Waals surface area (Å²) in [5, 5.41) is 0.828. The van der Waals surface area contributed by atoms with Crippen LogP contribution in [-0.2, 0) is 19.2 Å². The lowest BCUT2D eigenvalue weighted by molar-refractivity contribution is -0.177. The second-order valence-electron chi connectivity index (χ2n) is 6.50. The molecule has 0 bridgehead atoms. The Morgan fingerprint density at radius 3 is 2.38 bits per heavy atom. The number of rotatable bonds is 9. The first-order chi connectivity index (χ1) is 9.71. The van der Waals surface area contributed by atoms with Gasteiger partial charge in [-0.3, -0.25) is 9.59 Å². The summed E-state index contributed by atoms with van der Waals surface area (Å²) in [5.74, 6) is 0.438. The van der Waals surface area contributed by atoms with Crippen molar-refractivity contribution in [2.75, 3.05) is 6.61 Å². The summed E-state index contributed by atoms with van der Waals surface area (Å²) in [5.41, 5.74) is -0.278. The number of ether oxygens (including phenoxy) is 1. The van der Waals surface area contributed by atoms with Gasteiger partial charge in [0.05, 0.1) is 5.60 Å². The van der Waals surface area contributed by atoms with Gasteiger partial charge in [0.2, 0.25) is 0 Å². The molecule has 1 aliphatic heterocycles. The molecule has 2 amide bonds. The highest BCUT2D eigenvalue weighted by Crippen LogP contribution is 2.23. The van der Waals surface area contributed by atoms with E-state index in [4.69, 9.17) is 9.57 Å². The van der Waals surface area contributed by atoms with Gasteiger partial charge < -0.3 is 9.57 Å². The molecule has 0 aliphatic carbocycles. The van der Waals surface area contributed by atoms with Gasteiger partial charge in [0, 0.05) is 25.9 Å². The van der Waals surface area contributed by atoms with E-state index in [1.165, 1.54) is 0 Å². The van der Waals surface area contributed by atoms with Gasteiger partial charge in [-0.05, 0) is 32.6 Å². The van der Waals surface area contributed by atoms with Crippen molar-refractivity contribution in [3.63, 3.8) is 0 Å². The second-order valence-corrected chi connectivity index (χ2v) is 6.50. The van der Waals surface area contributed by atoms with Crippen molar-refractivity contribution in [1.82, 2.24) is 5.06 Å². The fourth-order valence-corrected chi connectivity index (χ4v) is 1.92. The van der Waals surface area contributed by atoms with Crippen LogP contribution in [0.3, 0.4) is 0 Å². The van der Waals surface area contributed by atoms with Crippen LogP contribution < -0.4 is 0 Å². The molecule has 0 aromatic rings. The highest BCUT2D eigenvalue weighted by atomic mass is 16.7. The largest absolute Gasteiger partial charge is 0.376 e. The number of hydrogen-bond donors (Lipinski definition) is 0. The molecule has 5 heteroatoms. The molecule has 0 spiro atoms. The number of allylic oxidation sites excluding steroid dienone is 1. The molecule has 120 valence electrons. The maximum Gasteiger partial charge on any atom is 0.263 e. The van der Waals surface area contributed by atoms with E-state index >= 15 is 0 Å². The summed E-state index contributed by atoms with van der Waals surface area (Å²) in [6, 6.07) is 0. The number of hydroxylamine groups is 2. The maximum atomic E-state index is 11.4. The third kappa shape index (κ3) is 6.29. The third-order valence-electron chi connectivity index (χ3n) is 3.42. The predicted octanol–water partition coefficient (Wildman–Crippen LogP) is 3.20. The number of nitrogens with zero attached hydrogens (tertiary/aromatic N) is 1. The Kier molecular flexibility index (Phi) is 6.40. The van der Waals surface area contributed by atoms with Crippen LogP contribution in [0.1, 0.15) is 59.8 Å². The van der Waals surface area contributed by atoms with Crippen molar-refractivity contribution >= 4 is 11.8 Å². The Hall–Kier alpha value is -1.36. The fourth-order valence-electron chi connectivity index (χ4n) is 1.92. The molecule has 1 saturated heterocycles. The van der Waals surface area contributed by atoms with E-state index in [1.807, 2.05) is 13.8 Å². The molecule has 0 aromatic heterocycles. The lowest BCUT2D eigenvalue weighted by atomic mass is 10.0. The van der Waals surface area contributed by atoms with Gasteiger partial charge in [0.25, 0.3) is 11.8 Å². The van der Waals surface area contributed by atoms with Crippen molar-refractivity contribution in [2.45, 2.75) is 65.4 Å². The smallest absolute Gasteiger partial charge is 0.263 e. The SMILES string of the molecule is C=C(CCC(C)(C)OCCC(C)C)ON1C(=O)CCC1=O. The van der Waals surface area contributed by atoms with E-state index in [0.29, 0.717) is 18.1 Å². The normalized spacial score (nSPS) is 16.0. The van der Waals surface area contributed by atoms with Crippen molar-refractivity contribution in [3.05, 3.63) is 12.3 Å². The number of imide groups is 1. The summed E-state index contributed by atoms with van der Waals surface area (Å²) in [7, 11) is 0. The average molecular weight is 297 g/mol. The van der Waals surface area contributed by atoms with Crippen LogP contribution in [-0.4, -0.2) is 29.1 Å². The Balaban J connectivity index is 2.31. The summed E-state index contributed by atoms with van der Waals surface area (Å²) in [4.78, 5) is 28.1. The predicted molar refractivity (Wildman–Crippen MR) is 80.0 cm³/mol. The zero-order valence-electron chi connectivity index (χ0n) is 13.6. The monoisotopic (exact) mass is 297 g/mol. The molecule has 1 aliphatic rings. The van der Waals surface area contributed by atoms with E-state index in [2.05, 4.69) is 20.4 Å². The Morgan fingerprint density at radius 2 is 1.86 bits per heavy atom. The molecule has 1 rings (SSSR count). The number of hydrogen-bond acceptors (Lipinski definition) is 4. The summed E-state index contributed by atoms with van der Waals surface area (Å²) in [6.07, 6.45) is 2.73. The first-order valence-corrected chi connectivity index (χ1v) is 7.57. The van der Waals surface area contributed by atoms with E-state index in [-0.39, 0.29) is 30.3 Å². The molecule has 0 aromatic carbocycles. The molecule has 0 radical (unpaired) electrons. The van der Waals surface area contributed by atoms with Gasteiger partial charge >= 0.3 is 0 Å². The summed E-state index contributed by atoms with van der Waals surface area (Å²) < 4.78 is 5.86. The minimum Gasteiger partial charge on any atom is -0.376 e. The van der Waals surface area contributed by atoms with E-state index in [1.54, 1.807) is 0 Å². The Labute approximate surface area is 127 Å². The molecule has 1 fully saturated rings. The number of amides is 2. The molecule has 1 heterocycles. The number of carbonyl (C=O) groups excluding carboxylic acids is 2. The van der Waals surface area contributed by atoms with Crippen molar-refractivity contribution in [1.29, 1.82) is 0 Å². The van der Waals surface area contributed by atoms with Crippen LogP contribution in [0.5, 0.6) is 0 Å². The Morgan fingerprint density at radius 1 is 1.29 bits per heavy atom. The minimum absolute atomic E-state index is 0.218. The topological polar surface area (TPSA) is 55.8 Å². The average Bonchev–Trinajstić information content (AvgIpc) is 2.68. The Bertz CT molecular complexity index is 385. The maximum absolute atomic E-state index is 11.4. The molecule has 0 atom stereocenters. The molecule has 21 heavy (non-hydrogen) atoms. The van der Waals surface area contributed by atoms with Crippen LogP contribution in [0.2, 0.25) is 0 Å². The molecular formula is C16H27NO4. The first-order valence-electron chi connectivity index (χ1n) is 7.57. The molecule has 0 unspecified atom stereocenters. The number of carbonyl (C=O) groups is 2. The van der Waals surface area contributed by atoms with E-state index in [9.17, 15) is 9.59 Å². The van der Waals surface area contributed by atoms with Gasteiger partial charge in [-0.15, -0.1) is 5.06 Å². The minimum atomic E-state index is -0.298. The molecule has 0 saturated carbocycles. The lowest BCUT2D eigenvalue weighted by Crippen LogP contribution is -2.30. The standard InChI is InChI=1S/C16H27NO4/c1-12(2)9-11-20-16(4,5)10-8-13(3)21-17-14(18)6-7-15(17)19/h12H,3,6-11H2,1-2,4-5H3. The van der Waals surface area contributed by atoms with Gasteiger partial charge in [-0.1, -0.05) is 20.4 Å². The van der Waals surface area contributed by atoms with Crippen LogP contribution in [0.25, 0.3) is 0 Å². The van der Waals surface area contributed by atoms with Crippen molar-refractivity contribution < 1.29 is 19.2 Å². The molecular weight excluding hydrogens is 270 g/mol.